The van der Waals surface area contributed by atoms with Crippen LogP contribution in [0.4, 0.5) is 10.3 Å². The van der Waals surface area contributed by atoms with Crippen LogP contribution in [0.15, 0.2) is 6.33 Å². The minimum atomic E-state index is -0.786. The van der Waals surface area contributed by atoms with Crippen LogP contribution >= 0.6 is 0 Å². The third kappa shape index (κ3) is 3.10. The third-order valence-corrected chi connectivity index (χ3v) is 6.43. The highest BCUT2D eigenvalue weighted by molar-refractivity contribution is 5.77. The van der Waals surface area contributed by atoms with Crippen molar-refractivity contribution in [2.45, 2.75) is 56.3 Å². The van der Waals surface area contributed by atoms with Gasteiger partial charge in [0.2, 0.25) is 11.8 Å². The second-order valence-electron chi connectivity index (χ2n) is 8.81. The molecule has 5 heterocycles. The summed E-state index contributed by atoms with van der Waals surface area (Å²) in [6.07, 6.45) is 4.98. The van der Waals surface area contributed by atoms with Crippen LogP contribution in [0.2, 0.25) is 0 Å². The second kappa shape index (κ2) is 6.52. The minimum absolute atomic E-state index is 0.234. The summed E-state index contributed by atoms with van der Waals surface area (Å²) < 4.78 is 20.2. The van der Waals surface area contributed by atoms with E-state index in [1.807, 2.05) is 11.8 Å². The van der Waals surface area contributed by atoms with Crippen LogP contribution < -0.4 is 9.64 Å². The van der Waals surface area contributed by atoms with Crippen LogP contribution in [-0.4, -0.2) is 80.0 Å². The van der Waals surface area contributed by atoms with Crippen LogP contribution in [0.1, 0.15) is 39.0 Å². The van der Waals surface area contributed by atoms with E-state index >= 15 is 0 Å². The summed E-state index contributed by atoms with van der Waals surface area (Å²) in [5.74, 6) is 0.956. The lowest BCUT2D eigenvalue weighted by Crippen LogP contribution is -2.47. The van der Waals surface area contributed by atoms with Crippen molar-refractivity contribution in [2.75, 3.05) is 37.7 Å². The predicted molar refractivity (Wildman–Crippen MR) is 102 cm³/mol. The van der Waals surface area contributed by atoms with Crippen LogP contribution in [-0.2, 0) is 0 Å². The van der Waals surface area contributed by atoms with Gasteiger partial charge in [-0.25, -0.2) is 9.37 Å². The van der Waals surface area contributed by atoms with E-state index < -0.39 is 11.8 Å². The number of ether oxygens (including phenoxy) is 1. The molecule has 0 radical (unpaired) electrons. The summed E-state index contributed by atoms with van der Waals surface area (Å²) in [4.78, 5) is 20.8. The first kappa shape index (κ1) is 18.1. The van der Waals surface area contributed by atoms with E-state index in [-0.39, 0.29) is 5.54 Å². The van der Waals surface area contributed by atoms with Gasteiger partial charge < -0.3 is 19.7 Å². The number of fused-ring (bicyclic) bond motifs is 2. The fourth-order valence-corrected chi connectivity index (χ4v) is 5.08. The number of alkyl halides is 1. The average molecular weight is 390 g/mol. The van der Waals surface area contributed by atoms with Crippen LogP contribution in [0.3, 0.4) is 0 Å². The highest BCUT2D eigenvalue weighted by Crippen LogP contribution is 2.40. The maximum Gasteiger partial charge on any atom is 0.247 e. The lowest BCUT2D eigenvalue weighted by molar-refractivity contribution is 0.0444. The number of hydrogen-bond acceptors (Lipinski definition) is 7. The number of aliphatic hydroxyl groups is 1. The number of nitrogens with one attached hydrogen (secondary N) is 1. The molecule has 3 saturated heterocycles. The van der Waals surface area contributed by atoms with E-state index in [0.717, 1.165) is 38.8 Å². The Kier molecular flexibility index (Phi) is 4.20. The van der Waals surface area contributed by atoms with Crippen molar-refractivity contribution in [3.8, 4) is 5.88 Å². The van der Waals surface area contributed by atoms with Gasteiger partial charge >= 0.3 is 0 Å². The standard InChI is InChI=1S/C19H27FN6O2/c1-18(27)4-2-6-25(10-18)17-23-15-14(21-12-22-15)16(24-17)28-11-19-5-3-7-26(19)9-13(20)8-19/h12-13,27H,2-11H2,1H3,(H,21,22,23,24)/t13-,18-,19+/m1/s1. The molecule has 8 nitrogen and oxygen atoms in total. The fraction of sp³-hybridized carbons (Fsp3) is 0.737. The molecule has 0 unspecified atom stereocenters. The molecule has 0 aromatic carbocycles. The first-order chi connectivity index (χ1) is 13.4. The number of halogens is 1. The van der Waals surface area contributed by atoms with Crippen molar-refractivity contribution in [3.63, 3.8) is 0 Å². The van der Waals surface area contributed by atoms with Gasteiger partial charge in [-0.1, -0.05) is 0 Å². The van der Waals surface area contributed by atoms with Gasteiger partial charge in [0.05, 0.1) is 17.5 Å². The molecule has 3 aliphatic heterocycles. The van der Waals surface area contributed by atoms with Gasteiger partial charge in [0.15, 0.2) is 11.2 Å². The van der Waals surface area contributed by atoms with Gasteiger partial charge in [-0.05, 0) is 39.2 Å². The second-order valence-corrected chi connectivity index (χ2v) is 8.81. The molecule has 3 fully saturated rings. The molecule has 0 aliphatic carbocycles. The van der Waals surface area contributed by atoms with E-state index in [4.69, 9.17) is 4.74 Å². The molecule has 5 rings (SSSR count). The molecule has 2 N–H and O–H groups in total. The number of aromatic nitrogens is 4. The number of rotatable bonds is 4. The van der Waals surface area contributed by atoms with E-state index in [9.17, 15) is 9.50 Å². The molecule has 3 atom stereocenters. The van der Waals surface area contributed by atoms with Crippen molar-refractivity contribution in [1.82, 2.24) is 24.8 Å². The maximum absolute atomic E-state index is 14.0. The summed E-state index contributed by atoms with van der Waals surface area (Å²) in [6.45, 7) is 4.94. The first-order valence-corrected chi connectivity index (χ1v) is 10.1. The Bertz CT molecular complexity index is 873. The molecule has 2 aromatic rings. The summed E-state index contributed by atoms with van der Waals surface area (Å²) in [5, 5.41) is 10.4. The topological polar surface area (TPSA) is 90.4 Å². The SMILES string of the molecule is C[C@@]1(O)CCCN(c2nc(OC[C@@]34CCCN3C[C@H](F)C4)c3nc[nH]c3n2)C1. The Balaban J connectivity index is 1.42. The number of H-pyrrole nitrogens is 1. The van der Waals surface area contributed by atoms with Crippen molar-refractivity contribution >= 4 is 17.1 Å². The van der Waals surface area contributed by atoms with Crippen molar-refractivity contribution < 1.29 is 14.2 Å². The number of piperidine rings is 1. The number of nitrogens with zero attached hydrogens (tertiary/aromatic N) is 5. The van der Waals surface area contributed by atoms with Crippen molar-refractivity contribution in [2.24, 2.45) is 0 Å². The Morgan fingerprint density at radius 1 is 1.32 bits per heavy atom. The maximum atomic E-state index is 14.0. The lowest BCUT2D eigenvalue weighted by Gasteiger charge is -2.36. The summed E-state index contributed by atoms with van der Waals surface area (Å²) in [7, 11) is 0. The van der Waals surface area contributed by atoms with Gasteiger partial charge in [0.25, 0.3) is 0 Å². The Hall–Kier alpha value is -2.00. The normalized spacial score (nSPS) is 33.5. The molecular weight excluding hydrogens is 363 g/mol. The molecule has 0 saturated carbocycles. The van der Waals surface area contributed by atoms with E-state index in [2.05, 4.69) is 24.8 Å². The van der Waals surface area contributed by atoms with Gasteiger partial charge in [0.1, 0.15) is 12.8 Å². The van der Waals surface area contributed by atoms with E-state index in [1.165, 1.54) is 0 Å². The Labute approximate surface area is 163 Å². The lowest BCUT2D eigenvalue weighted by atomic mass is 9.95. The molecule has 2 aromatic heterocycles. The van der Waals surface area contributed by atoms with Gasteiger partial charge in [-0.3, -0.25) is 4.90 Å². The van der Waals surface area contributed by atoms with Gasteiger partial charge in [-0.2, -0.15) is 9.97 Å². The van der Waals surface area contributed by atoms with Crippen LogP contribution in [0.5, 0.6) is 5.88 Å². The minimum Gasteiger partial charge on any atom is -0.474 e. The van der Waals surface area contributed by atoms with E-state index in [0.29, 0.717) is 49.1 Å². The van der Waals surface area contributed by atoms with Crippen molar-refractivity contribution in [1.29, 1.82) is 0 Å². The molecular formula is C19H27FN6O2. The number of aromatic amines is 1. The largest absolute Gasteiger partial charge is 0.474 e. The zero-order chi connectivity index (χ0) is 19.4. The zero-order valence-electron chi connectivity index (χ0n) is 16.2. The molecule has 9 heteroatoms. The fourth-order valence-electron chi connectivity index (χ4n) is 5.08. The molecule has 28 heavy (non-hydrogen) atoms. The predicted octanol–water partition coefficient (Wildman–Crippen LogP) is 1.66. The highest BCUT2D eigenvalue weighted by Gasteiger charge is 2.49. The number of imidazole rings is 1. The number of anilines is 1. The third-order valence-electron chi connectivity index (χ3n) is 6.43. The smallest absolute Gasteiger partial charge is 0.247 e. The quantitative estimate of drug-likeness (QED) is 0.820. The summed E-state index contributed by atoms with van der Waals surface area (Å²) >= 11 is 0. The van der Waals surface area contributed by atoms with Gasteiger partial charge in [-0.15, -0.1) is 0 Å². The Morgan fingerprint density at radius 3 is 3.04 bits per heavy atom. The average Bonchev–Trinajstić information content (AvgIpc) is 3.32. The first-order valence-electron chi connectivity index (χ1n) is 10.1. The van der Waals surface area contributed by atoms with Crippen LogP contribution in [0, 0.1) is 0 Å². The zero-order valence-corrected chi connectivity index (χ0v) is 16.2. The number of hydrogen-bond donors (Lipinski definition) is 2. The molecule has 0 bridgehead atoms. The molecule has 0 amide bonds. The number of β-amino-alcohol motifs (C(OH)–C–C–N with tert-alkyl or cyclic N) is 1. The van der Waals surface area contributed by atoms with E-state index in [1.54, 1.807) is 6.33 Å². The van der Waals surface area contributed by atoms with Crippen molar-refractivity contribution in [3.05, 3.63) is 6.33 Å². The molecule has 152 valence electrons. The monoisotopic (exact) mass is 390 g/mol. The van der Waals surface area contributed by atoms with Crippen LogP contribution in [0.25, 0.3) is 11.2 Å². The summed E-state index contributed by atoms with van der Waals surface area (Å²) in [6, 6.07) is 0. The Morgan fingerprint density at radius 2 is 2.18 bits per heavy atom. The molecule has 3 aliphatic rings. The summed E-state index contributed by atoms with van der Waals surface area (Å²) in [5.41, 5.74) is 0.209. The molecule has 0 spiro atoms. The highest BCUT2D eigenvalue weighted by atomic mass is 19.1. The van der Waals surface area contributed by atoms with Gasteiger partial charge in [0, 0.05) is 26.1 Å².